The van der Waals surface area contributed by atoms with Crippen LogP contribution in [-0.2, 0) is 4.79 Å². The van der Waals surface area contributed by atoms with Crippen molar-refractivity contribution in [3.05, 3.63) is 65.2 Å². The lowest BCUT2D eigenvalue weighted by molar-refractivity contribution is -0.115. The molecule has 0 saturated carbocycles. The molecule has 1 amide bonds. The van der Waals surface area contributed by atoms with Crippen LogP contribution < -0.4 is 10.6 Å². The quantitative estimate of drug-likeness (QED) is 0.742. The van der Waals surface area contributed by atoms with Crippen molar-refractivity contribution in [2.24, 2.45) is 5.92 Å². The average molecular weight is 338 g/mol. The molecule has 0 fully saturated rings. The number of carbonyl (C=O) groups is 1. The molecule has 0 aliphatic heterocycles. The average Bonchev–Trinajstić information content (AvgIpc) is 2.57. The first kappa shape index (κ1) is 19.2. The van der Waals surface area contributed by atoms with Gasteiger partial charge in [0, 0.05) is 11.7 Å². The summed E-state index contributed by atoms with van der Waals surface area (Å²) in [5, 5.41) is 6.39. The fourth-order valence-electron chi connectivity index (χ4n) is 2.94. The normalized spacial score (nSPS) is 12.4. The third-order valence-corrected chi connectivity index (χ3v) is 4.53. The maximum atomic E-state index is 12.3. The molecule has 0 bridgehead atoms. The fourth-order valence-corrected chi connectivity index (χ4v) is 2.94. The molecule has 3 heteroatoms. The molecule has 25 heavy (non-hydrogen) atoms. The SMILES string of the molecule is Cc1ccccc1NC(=O)CN[C@@H](c1ccc(C(C)C)cc1)C(C)C. The minimum absolute atomic E-state index is 0.0150. The van der Waals surface area contributed by atoms with Crippen LogP contribution in [0, 0.1) is 12.8 Å². The summed E-state index contributed by atoms with van der Waals surface area (Å²) in [4.78, 5) is 12.3. The number of benzene rings is 2. The van der Waals surface area contributed by atoms with Crippen LogP contribution in [0.1, 0.15) is 56.3 Å². The Morgan fingerprint density at radius 3 is 2.08 bits per heavy atom. The van der Waals surface area contributed by atoms with Crippen LogP contribution in [0.2, 0.25) is 0 Å². The molecule has 0 unspecified atom stereocenters. The van der Waals surface area contributed by atoms with Crippen LogP contribution in [0.3, 0.4) is 0 Å². The van der Waals surface area contributed by atoms with E-state index in [2.05, 4.69) is 62.6 Å². The molecule has 0 spiro atoms. The van der Waals surface area contributed by atoms with Gasteiger partial charge >= 0.3 is 0 Å². The molecule has 2 rings (SSSR count). The van der Waals surface area contributed by atoms with Gasteiger partial charge in [-0.05, 0) is 41.5 Å². The lowest BCUT2D eigenvalue weighted by Crippen LogP contribution is -2.33. The summed E-state index contributed by atoms with van der Waals surface area (Å²) < 4.78 is 0. The minimum Gasteiger partial charge on any atom is -0.325 e. The molecule has 0 aliphatic rings. The molecule has 0 radical (unpaired) electrons. The molecule has 2 aromatic rings. The van der Waals surface area contributed by atoms with E-state index in [0.29, 0.717) is 18.4 Å². The van der Waals surface area contributed by atoms with Crippen molar-refractivity contribution >= 4 is 11.6 Å². The Balaban J connectivity index is 1.99. The molecule has 1 atom stereocenters. The van der Waals surface area contributed by atoms with E-state index in [4.69, 9.17) is 0 Å². The molecule has 0 heterocycles. The largest absolute Gasteiger partial charge is 0.325 e. The Labute approximate surface area is 151 Å². The lowest BCUT2D eigenvalue weighted by Gasteiger charge is -2.23. The zero-order valence-corrected chi connectivity index (χ0v) is 16.0. The zero-order chi connectivity index (χ0) is 18.4. The van der Waals surface area contributed by atoms with Crippen molar-refractivity contribution in [1.29, 1.82) is 0 Å². The van der Waals surface area contributed by atoms with Gasteiger partial charge in [-0.15, -0.1) is 0 Å². The van der Waals surface area contributed by atoms with Crippen LogP contribution in [0.5, 0.6) is 0 Å². The summed E-state index contributed by atoms with van der Waals surface area (Å²) in [5.41, 5.74) is 4.50. The van der Waals surface area contributed by atoms with Crippen molar-refractivity contribution in [2.75, 3.05) is 11.9 Å². The Morgan fingerprint density at radius 1 is 0.920 bits per heavy atom. The number of nitrogens with one attached hydrogen (secondary N) is 2. The van der Waals surface area contributed by atoms with Crippen LogP contribution in [0.4, 0.5) is 5.69 Å². The summed E-state index contributed by atoms with van der Waals surface area (Å²) in [6.45, 7) is 11.0. The van der Waals surface area contributed by atoms with Crippen molar-refractivity contribution in [2.45, 2.75) is 46.6 Å². The highest BCUT2D eigenvalue weighted by atomic mass is 16.1. The maximum absolute atomic E-state index is 12.3. The second-order valence-electron chi connectivity index (χ2n) is 7.29. The van der Waals surface area contributed by atoms with Crippen LogP contribution in [0.15, 0.2) is 48.5 Å². The van der Waals surface area contributed by atoms with Gasteiger partial charge in [0.2, 0.25) is 5.91 Å². The van der Waals surface area contributed by atoms with Crippen molar-refractivity contribution in [1.82, 2.24) is 5.32 Å². The van der Waals surface area contributed by atoms with Crippen molar-refractivity contribution in [3.63, 3.8) is 0 Å². The fraction of sp³-hybridized carbons (Fsp3) is 0.409. The number of anilines is 1. The lowest BCUT2D eigenvalue weighted by atomic mass is 9.93. The number of hydrogen-bond donors (Lipinski definition) is 2. The first-order valence-corrected chi connectivity index (χ1v) is 9.07. The van der Waals surface area contributed by atoms with E-state index in [1.165, 1.54) is 11.1 Å². The third kappa shape index (κ3) is 5.43. The summed E-state index contributed by atoms with van der Waals surface area (Å²) >= 11 is 0. The highest BCUT2D eigenvalue weighted by Crippen LogP contribution is 2.24. The number of amides is 1. The number of para-hydroxylation sites is 1. The van der Waals surface area contributed by atoms with Crippen molar-refractivity contribution < 1.29 is 4.79 Å². The topological polar surface area (TPSA) is 41.1 Å². The summed E-state index contributed by atoms with van der Waals surface area (Å²) in [7, 11) is 0. The Morgan fingerprint density at radius 2 is 1.52 bits per heavy atom. The van der Waals surface area contributed by atoms with Gasteiger partial charge in [-0.2, -0.15) is 0 Å². The molecule has 134 valence electrons. The van der Waals surface area contributed by atoms with Crippen LogP contribution in [-0.4, -0.2) is 12.5 Å². The number of rotatable bonds is 7. The summed E-state index contributed by atoms with van der Waals surface area (Å²) in [6, 6.07) is 16.7. The van der Waals surface area contributed by atoms with Gasteiger partial charge in [0.1, 0.15) is 0 Å². The van der Waals surface area contributed by atoms with E-state index in [1.54, 1.807) is 0 Å². The van der Waals surface area contributed by atoms with Crippen LogP contribution in [0.25, 0.3) is 0 Å². The van der Waals surface area contributed by atoms with Gasteiger partial charge in [0.15, 0.2) is 0 Å². The zero-order valence-electron chi connectivity index (χ0n) is 16.0. The van der Waals surface area contributed by atoms with E-state index in [1.807, 2.05) is 31.2 Å². The standard InChI is InChI=1S/C22H30N2O/c1-15(2)18-10-12-19(13-11-18)22(16(3)4)23-14-21(25)24-20-9-7-6-8-17(20)5/h6-13,15-16,22-23H,14H2,1-5H3,(H,24,25)/t22-/m1/s1. The maximum Gasteiger partial charge on any atom is 0.238 e. The molecule has 2 N–H and O–H groups in total. The van der Waals surface area contributed by atoms with E-state index in [9.17, 15) is 4.79 Å². The molecule has 3 nitrogen and oxygen atoms in total. The van der Waals surface area contributed by atoms with E-state index in [-0.39, 0.29) is 11.9 Å². The van der Waals surface area contributed by atoms with Gasteiger partial charge in [0.05, 0.1) is 6.54 Å². The Hall–Kier alpha value is -2.13. The van der Waals surface area contributed by atoms with E-state index in [0.717, 1.165) is 11.3 Å². The Bertz CT molecular complexity index is 689. The minimum atomic E-state index is -0.0150. The smallest absolute Gasteiger partial charge is 0.238 e. The van der Waals surface area contributed by atoms with E-state index < -0.39 is 0 Å². The monoisotopic (exact) mass is 338 g/mol. The molecule has 0 saturated heterocycles. The predicted octanol–water partition coefficient (Wildman–Crippen LogP) is 5.04. The van der Waals surface area contributed by atoms with Gasteiger partial charge in [-0.3, -0.25) is 4.79 Å². The van der Waals surface area contributed by atoms with Gasteiger partial charge < -0.3 is 10.6 Å². The second-order valence-corrected chi connectivity index (χ2v) is 7.29. The molecule has 2 aromatic carbocycles. The van der Waals surface area contributed by atoms with Crippen molar-refractivity contribution in [3.8, 4) is 0 Å². The van der Waals surface area contributed by atoms with E-state index >= 15 is 0 Å². The first-order valence-electron chi connectivity index (χ1n) is 9.07. The molecular formula is C22H30N2O. The number of hydrogen-bond acceptors (Lipinski definition) is 2. The molecule has 0 aromatic heterocycles. The summed E-state index contributed by atoms with van der Waals surface area (Å²) in [6.07, 6.45) is 0. The number of aryl methyl sites for hydroxylation is 1. The number of carbonyl (C=O) groups excluding carboxylic acids is 1. The van der Waals surface area contributed by atoms with Gasteiger partial charge in [0.25, 0.3) is 0 Å². The molecule has 0 aliphatic carbocycles. The third-order valence-electron chi connectivity index (χ3n) is 4.53. The second kappa shape index (κ2) is 8.82. The first-order chi connectivity index (χ1) is 11.9. The van der Waals surface area contributed by atoms with Crippen LogP contribution >= 0.6 is 0 Å². The predicted molar refractivity (Wildman–Crippen MR) is 106 cm³/mol. The molecular weight excluding hydrogens is 308 g/mol. The highest BCUT2D eigenvalue weighted by Gasteiger charge is 2.17. The van der Waals surface area contributed by atoms with Gasteiger partial charge in [-0.1, -0.05) is 70.2 Å². The summed E-state index contributed by atoms with van der Waals surface area (Å²) in [5.74, 6) is 0.911. The Kier molecular flexibility index (Phi) is 6.77. The highest BCUT2D eigenvalue weighted by molar-refractivity contribution is 5.92. The van der Waals surface area contributed by atoms with Gasteiger partial charge in [-0.25, -0.2) is 0 Å².